The second-order valence-electron chi connectivity index (χ2n) is 5.94. The predicted molar refractivity (Wildman–Crippen MR) is 86.8 cm³/mol. The third-order valence-corrected chi connectivity index (χ3v) is 5.22. The summed E-state index contributed by atoms with van der Waals surface area (Å²) >= 11 is 1.84. The maximum absolute atomic E-state index is 5.45. The van der Waals surface area contributed by atoms with Crippen molar-refractivity contribution in [3.63, 3.8) is 0 Å². The number of aliphatic imine (C=N–C) groups is 1. The molecule has 4 heteroatoms. The molecule has 1 N–H and O–H groups in total. The summed E-state index contributed by atoms with van der Waals surface area (Å²) in [6, 6.07) is 8.68. The summed E-state index contributed by atoms with van der Waals surface area (Å²) < 4.78 is 5.45. The molecule has 0 unspecified atom stereocenters. The van der Waals surface area contributed by atoms with Gasteiger partial charge in [-0.05, 0) is 36.5 Å². The summed E-state index contributed by atoms with van der Waals surface area (Å²) in [4.78, 5) is 4.92. The van der Waals surface area contributed by atoms with Crippen molar-refractivity contribution in [3.8, 4) is 0 Å². The number of hydrogen-bond acceptors (Lipinski definition) is 4. The van der Waals surface area contributed by atoms with E-state index in [4.69, 9.17) is 9.73 Å². The Bertz CT molecular complexity index is 490. The summed E-state index contributed by atoms with van der Waals surface area (Å²) in [7, 11) is 0. The Morgan fingerprint density at radius 1 is 1.20 bits per heavy atom. The van der Waals surface area contributed by atoms with Crippen LogP contribution >= 0.6 is 11.8 Å². The van der Waals surface area contributed by atoms with Crippen molar-refractivity contribution in [2.75, 3.05) is 24.3 Å². The van der Waals surface area contributed by atoms with Gasteiger partial charge < -0.3 is 10.1 Å². The fourth-order valence-electron chi connectivity index (χ4n) is 2.63. The van der Waals surface area contributed by atoms with Crippen LogP contribution in [0.2, 0.25) is 0 Å². The molecule has 1 fully saturated rings. The summed E-state index contributed by atoms with van der Waals surface area (Å²) in [6.07, 6.45) is 2.11. The molecule has 3 nitrogen and oxygen atoms in total. The van der Waals surface area contributed by atoms with Gasteiger partial charge >= 0.3 is 0 Å². The summed E-state index contributed by atoms with van der Waals surface area (Å²) in [6.45, 7) is 6.13. The topological polar surface area (TPSA) is 33.6 Å². The third-order valence-electron chi connectivity index (χ3n) is 4.07. The highest BCUT2D eigenvalue weighted by Gasteiger charge is 2.37. The van der Waals surface area contributed by atoms with E-state index < -0.39 is 0 Å². The fraction of sp³-hybridized carbons (Fsp3) is 0.562. The van der Waals surface area contributed by atoms with Gasteiger partial charge in [0.05, 0.1) is 5.54 Å². The van der Waals surface area contributed by atoms with E-state index in [1.165, 1.54) is 5.56 Å². The number of thioether (sulfide) groups is 1. The third kappa shape index (κ3) is 3.01. The van der Waals surface area contributed by atoms with E-state index in [-0.39, 0.29) is 5.54 Å². The van der Waals surface area contributed by atoms with Gasteiger partial charge in [-0.2, -0.15) is 0 Å². The largest absolute Gasteiger partial charge is 0.381 e. The zero-order valence-corrected chi connectivity index (χ0v) is 13.0. The van der Waals surface area contributed by atoms with Crippen molar-refractivity contribution in [3.05, 3.63) is 29.8 Å². The Hall–Kier alpha value is -1.00. The molecule has 0 aromatic heterocycles. The van der Waals surface area contributed by atoms with Crippen LogP contribution in [-0.2, 0) is 4.74 Å². The number of nitrogens with one attached hydrogen (secondary N) is 1. The quantitative estimate of drug-likeness (QED) is 0.897. The summed E-state index contributed by atoms with van der Waals surface area (Å²) in [5, 5.41) is 4.51. The predicted octanol–water partition coefficient (Wildman–Crippen LogP) is 3.87. The minimum absolute atomic E-state index is 0.128. The van der Waals surface area contributed by atoms with Crippen molar-refractivity contribution in [1.82, 2.24) is 0 Å². The molecule has 0 radical (unpaired) electrons. The molecule has 0 amide bonds. The lowest BCUT2D eigenvalue weighted by Gasteiger charge is -2.29. The van der Waals surface area contributed by atoms with Gasteiger partial charge in [0, 0.05) is 24.7 Å². The van der Waals surface area contributed by atoms with Crippen molar-refractivity contribution < 1.29 is 4.74 Å². The molecular weight excluding hydrogens is 268 g/mol. The maximum Gasteiger partial charge on any atom is 0.161 e. The van der Waals surface area contributed by atoms with E-state index in [0.29, 0.717) is 5.92 Å². The molecule has 1 aromatic rings. The monoisotopic (exact) mass is 290 g/mol. The molecule has 0 aliphatic carbocycles. The second-order valence-corrected chi connectivity index (χ2v) is 6.91. The van der Waals surface area contributed by atoms with Crippen LogP contribution in [0.3, 0.4) is 0 Å². The number of nitrogens with zero attached hydrogens (tertiary/aromatic N) is 1. The van der Waals surface area contributed by atoms with Gasteiger partial charge in [-0.25, -0.2) is 0 Å². The zero-order valence-electron chi connectivity index (χ0n) is 12.2. The van der Waals surface area contributed by atoms with E-state index in [1.54, 1.807) is 0 Å². The molecule has 108 valence electrons. The fourth-order valence-corrected chi connectivity index (χ4v) is 3.84. The van der Waals surface area contributed by atoms with Crippen LogP contribution in [0.1, 0.15) is 38.2 Å². The van der Waals surface area contributed by atoms with Crippen LogP contribution in [0.15, 0.2) is 29.3 Å². The Morgan fingerprint density at radius 2 is 1.90 bits per heavy atom. The van der Waals surface area contributed by atoms with Gasteiger partial charge in [-0.1, -0.05) is 37.7 Å². The smallest absolute Gasteiger partial charge is 0.161 e. The first kappa shape index (κ1) is 14.0. The molecule has 0 atom stereocenters. The highest BCUT2D eigenvalue weighted by atomic mass is 32.2. The van der Waals surface area contributed by atoms with E-state index in [2.05, 4.69) is 43.4 Å². The number of amidine groups is 1. The molecule has 0 saturated carbocycles. The van der Waals surface area contributed by atoms with E-state index in [9.17, 15) is 0 Å². The van der Waals surface area contributed by atoms with Gasteiger partial charge in [0.1, 0.15) is 0 Å². The van der Waals surface area contributed by atoms with Crippen molar-refractivity contribution in [1.29, 1.82) is 0 Å². The molecule has 0 bridgehead atoms. The molecule has 2 heterocycles. The van der Waals surface area contributed by atoms with Crippen LogP contribution in [0.4, 0.5) is 5.69 Å². The zero-order chi connectivity index (χ0) is 14.0. The lowest BCUT2D eigenvalue weighted by molar-refractivity contribution is 0.0624. The highest BCUT2D eigenvalue weighted by Crippen LogP contribution is 2.36. The Kier molecular flexibility index (Phi) is 4.03. The van der Waals surface area contributed by atoms with Crippen LogP contribution in [-0.4, -0.2) is 29.7 Å². The molecule has 2 aliphatic heterocycles. The van der Waals surface area contributed by atoms with Gasteiger partial charge in [0.25, 0.3) is 0 Å². The van der Waals surface area contributed by atoms with Crippen molar-refractivity contribution >= 4 is 22.6 Å². The SMILES string of the molecule is CC(C)c1ccc(NC2=NC3(CCOCC3)CS2)cc1. The number of benzene rings is 1. The van der Waals surface area contributed by atoms with Gasteiger partial charge in [-0.15, -0.1) is 0 Å². The standard InChI is InChI=1S/C16H22N2OS/c1-12(2)13-3-5-14(6-4-13)17-15-18-16(11-20-15)7-9-19-10-8-16/h3-6,12H,7-11H2,1-2H3,(H,17,18). The van der Waals surface area contributed by atoms with E-state index in [0.717, 1.165) is 42.7 Å². The van der Waals surface area contributed by atoms with Crippen molar-refractivity contribution in [2.45, 2.75) is 38.1 Å². The first-order chi connectivity index (χ1) is 9.67. The molecule has 1 aromatic carbocycles. The maximum atomic E-state index is 5.45. The number of rotatable bonds is 2. The molecule has 1 saturated heterocycles. The minimum atomic E-state index is 0.128. The van der Waals surface area contributed by atoms with E-state index in [1.807, 2.05) is 11.8 Å². The van der Waals surface area contributed by atoms with Crippen LogP contribution in [0, 0.1) is 0 Å². The van der Waals surface area contributed by atoms with Gasteiger partial charge in [0.15, 0.2) is 5.17 Å². The number of hydrogen-bond donors (Lipinski definition) is 1. The van der Waals surface area contributed by atoms with Crippen molar-refractivity contribution in [2.24, 2.45) is 4.99 Å². The normalized spacial score (nSPS) is 21.2. The molecular formula is C16H22N2OS. The number of ether oxygens (including phenoxy) is 1. The molecule has 2 aliphatic rings. The minimum Gasteiger partial charge on any atom is -0.381 e. The van der Waals surface area contributed by atoms with E-state index >= 15 is 0 Å². The molecule has 20 heavy (non-hydrogen) atoms. The average molecular weight is 290 g/mol. The van der Waals surface area contributed by atoms with Gasteiger partial charge in [0.2, 0.25) is 0 Å². The summed E-state index contributed by atoms with van der Waals surface area (Å²) in [5.74, 6) is 1.66. The summed E-state index contributed by atoms with van der Waals surface area (Å²) in [5.41, 5.74) is 2.63. The van der Waals surface area contributed by atoms with Gasteiger partial charge in [-0.3, -0.25) is 4.99 Å². The second kappa shape index (κ2) is 5.78. The van der Waals surface area contributed by atoms with Crippen LogP contribution in [0.5, 0.6) is 0 Å². The Balaban J connectivity index is 1.67. The van der Waals surface area contributed by atoms with Crippen LogP contribution in [0.25, 0.3) is 0 Å². The number of anilines is 1. The highest BCUT2D eigenvalue weighted by molar-refractivity contribution is 8.14. The van der Waals surface area contributed by atoms with Crippen LogP contribution < -0.4 is 5.32 Å². The average Bonchev–Trinajstić information content (AvgIpc) is 2.83. The molecule has 3 rings (SSSR count). The Morgan fingerprint density at radius 3 is 2.55 bits per heavy atom. The lowest BCUT2D eigenvalue weighted by atomic mass is 9.93. The first-order valence-corrected chi connectivity index (χ1v) is 8.33. The lowest BCUT2D eigenvalue weighted by Crippen LogP contribution is -2.34. The first-order valence-electron chi connectivity index (χ1n) is 7.34. The molecule has 1 spiro atoms. The Labute approximate surface area is 125 Å².